The molecule has 1 amide bonds. The maximum atomic E-state index is 13.1. The Kier molecular flexibility index (Phi) is 5.23. The number of aryl methyl sites for hydroxylation is 1. The van der Waals surface area contributed by atoms with Crippen molar-refractivity contribution in [1.82, 2.24) is 4.98 Å². The van der Waals surface area contributed by atoms with Gasteiger partial charge in [0.25, 0.3) is 5.91 Å². The van der Waals surface area contributed by atoms with Crippen LogP contribution in [0, 0.1) is 6.92 Å². The van der Waals surface area contributed by atoms with E-state index in [-0.39, 0.29) is 18.1 Å². The van der Waals surface area contributed by atoms with Crippen molar-refractivity contribution in [3.05, 3.63) is 64.1 Å². The van der Waals surface area contributed by atoms with Crippen LogP contribution in [0.4, 0.5) is 10.8 Å². The van der Waals surface area contributed by atoms with Crippen molar-refractivity contribution in [2.24, 2.45) is 0 Å². The van der Waals surface area contributed by atoms with Crippen molar-refractivity contribution < 1.29 is 14.3 Å². The fraction of sp³-hybridized carbons (Fsp3) is 0.273. The number of hydrogen-bond acceptors (Lipinski definition) is 5. The molecule has 0 bridgehead atoms. The van der Waals surface area contributed by atoms with Crippen LogP contribution in [0.2, 0.25) is 5.02 Å². The molecule has 0 radical (unpaired) electrons. The van der Waals surface area contributed by atoms with Gasteiger partial charge in [0.1, 0.15) is 5.60 Å². The number of carbonyl (C=O) groups excluding carboxylic acids is 1. The predicted molar refractivity (Wildman–Crippen MR) is 116 cm³/mol. The third-order valence-electron chi connectivity index (χ3n) is 4.54. The Bertz CT molecular complexity index is 1050. The molecular weight excluding hydrogens is 408 g/mol. The highest BCUT2D eigenvalue weighted by molar-refractivity contribution is 7.14. The van der Waals surface area contributed by atoms with E-state index in [4.69, 9.17) is 21.1 Å². The molecule has 0 atom stereocenters. The van der Waals surface area contributed by atoms with Crippen molar-refractivity contribution in [3.8, 4) is 11.5 Å². The summed E-state index contributed by atoms with van der Waals surface area (Å²) in [6, 6.07) is 12.9. The second-order valence-electron chi connectivity index (χ2n) is 7.55. The smallest absolute Gasteiger partial charge is 0.271 e. The average Bonchev–Trinajstić information content (AvgIpc) is 3.23. The number of halogens is 1. The van der Waals surface area contributed by atoms with Crippen molar-refractivity contribution in [2.45, 2.75) is 32.8 Å². The Hall–Kier alpha value is -2.57. The number of anilines is 2. The first kappa shape index (κ1) is 19.7. The minimum absolute atomic E-state index is 0.137. The van der Waals surface area contributed by atoms with Crippen LogP contribution in [-0.4, -0.2) is 23.1 Å². The Morgan fingerprint density at radius 3 is 2.72 bits per heavy atom. The van der Waals surface area contributed by atoms with E-state index in [0.29, 0.717) is 27.3 Å². The van der Waals surface area contributed by atoms with Gasteiger partial charge in [-0.25, -0.2) is 4.98 Å². The van der Waals surface area contributed by atoms with Gasteiger partial charge >= 0.3 is 0 Å². The van der Waals surface area contributed by atoms with Gasteiger partial charge in [0.05, 0.1) is 11.4 Å². The highest BCUT2D eigenvalue weighted by Gasteiger charge is 2.32. The lowest BCUT2D eigenvalue weighted by molar-refractivity contribution is -0.119. The summed E-state index contributed by atoms with van der Waals surface area (Å²) in [7, 11) is 0. The van der Waals surface area contributed by atoms with E-state index in [1.807, 2.05) is 44.4 Å². The van der Waals surface area contributed by atoms with Crippen LogP contribution < -0.4 is 14.4 Å². The lowest BCUT2D eigenvalue weighted by atomic mass is 10.0. The number of para-hydroxylation sites is 1. The topological polar surface area (TPSA) is 51.7 Å². The standard InChI is InChI=1S/C22H21ClN2O3S/c1-14-13-29-21(24-14)25(17-9-7-16(23)8-10-17)19(26)12-27-18-6-4-5-15-11-22(2,3)28-20(15)18/h4-10,13H,11-12H2,1-3H3. The van der Waals surface area contributed by atoms with Gasteiger partial charge in [-0.2, -0.15) is 0 Å². The third-order valence-corrected chi connectivity index (χ3v) is 5.73. The van der Waals surface area contributed by atoms with E-state index in [0.717, 1.165) is 17.7 Å². The second kappa shape index (κ2) is 7.69. The first-order chi connectivity index (χ1) is 13.8. The fourth-order valence-corrected chi connectivity index (χ4v) is 4.26. The number of aromatic nitrogens is 1. The SMILES string of the molecule is Cc1csc(N(C(=O)COc2cccc3c2OC(C)(C)C3)c2ccc(Cl)cc2)n1. The molecule has 1 aliphatic rings. The molecule has 0 N–H and O–H groups in total. The lowest BCUT2D eigenvalue weighted by Crippen LogP contribution is -2.31. The van der Waals surface area contributed by atoms with Crippen molar-refractivity contribution in [1.29, 1.82) is 0 Å². The molecular formula is C22H21ClN2O3S. The van der Waals surface area contributed by atoms with Gasteiger partial charge in [-0.3, -0.25) is 9.69 Å². The average molecular weight is 429 g/mol. The number of fused-ring (bicyclic) bond motifs is 1. The van der Waals surface area contributed by atoms with E-state index >= 15 is 0 Å². The van der Waals surface area contributed by atoms with Gasteiger partial charge in [-0.1, -0.05) is 23.7 Å². The van der Waals surface area contributed by atoms with E-state index in [2.05, 4.69) is 4.98 Å². The molecule has 29 heavy (non-hydrogen) atoms. The summed E-state index contributed by atoms with van der Waals surface area (Å²) < 4.78 is 11.9. The molecule has 7 heteroatoms. The molecule has 2 aromatic carbocycles. The van der Waals surface area contributed by atoms with Gasteiger partial charge in [-0.15, -0.1) is 11.3 Å². The molecule has 0 unspecified atom stereocenters. The van der Waals surface area contributed by atoms with Crippen molar-refractivity contribution >= 4 is 39.7 Å². The highest BCUT2D eigenvalue weighted by atomic mass is 35.5. The third kappa shape index (κ3) is 4.23. The summed E-state index contributed by atoms with van der Waals surface area (Å²) in [5.41, 5.74) is 2.35. The highest BCUT2D eigenvalue weighted by Crippen LogP contribution is 2.41. The number of rotatable bonds is 5. The Labute approximate surface area is 178 Å². The lowest BCUT2D eigenvalue weighted by Gasteiger charge is -2.21. The minimum atomic E-state index is -0.278. The summed E-state index contributed by atoms with van der Waals surface area (Å²) in [6.07, 6.45) is 0.808. The molecule has 1 aromatic heterocycles. The molecule has 1 aliphatic heterocycles. The van der Waals surface area contributed by atoms with Gasteiger partial charge in [-0.05, 0) is 51.1 Å². The summed E-state index contributed by atoms with van der Waals surface area (Å²) in [5, 5.41) is 3.10. The Morgan fingerprint density at radius 1 is 1.28 bits per heavy atom. The van der Waals surface area contributed by atoms with Crippen LogP contribution in [0.3, 0.4) is 0 Å². The van der Waals surface area contributed by atoms with Crippen LogP contribution >= 0.6 is 22.9 Å². The monoisotopic (exact) mass is 428 g/mol. The van der Waals surface area contributed by atoms with Gasteiger partial charge in [0.15, 0.2) is 23.2 Å². The van der Waals surface area contributed by atoms with E-state index in [1.165, 1.54) is 11.3 Å². The predicted octanol–water partition coefficient (Wildman–Crippen LogP) is 5.56. The van der Waals surface area contributed by atoms with E-state index in [9.17, 15) is 4.79 Å². The maximum absolute atomic E-state index is 13.1. The molecule has 0 spiro atoms. The fourth-order valence-electron chi connectivity index (χ4n) is 3.30. The normalized spacial score (nSPS) is 14.2. The molecule has 3 aromatic rings. The molecule has 5 nitrogen and oxygen atoms in total. The van der Waals surface area contributed by atoms with Crippen LogP contribution in [0.15, 0.2) is 47.8 Å². The van der Waals surface area contributed by atoms with Crippen LogP contribution in [-0.2, 0) is 11.2 Å². The summed E-state index contributed by atoms with van der Waals surface area (Å²) in [5.74, 6) is 1.07. The van der Waals surface area contributed by atoms with Gasteiger partial charge in [0, 0.05) is 22.4 Å². The quantitative estimate of drug-likeness (QED) is 0.533. The Balaban J connectivity index is 1.57. The number of thiazole rings is 1. The molecule has 0 saturated carbocycles. The summed E-state index contributed by atoms with van der Waals surface area (Å²) >= 11 is 7.42. The van der Waals surface area contributed by atoms with Crippen molar-refractivity contribution in [3.63, 3.8) is 0 Å². The number of nitrogens with zero attached hydrogens (tertiary/aromatic N) is 2. The molecule has 0 fully saturated rings. The molecule has 2 heterocycles. The van der Waals surface area contributed by atoms with E-state index < -0.39 is 0 Å². The molecule has 0 aliphatic carbocycles. The largest absolute Gasteiger partial charge is 0.483 e. The number of hydrogen-bond donors (Lipinski definition) is 0. The first-order valence-electron chi connectivity index (χ1n) is 9.27. The number of carbonyl (C=O) groups is 1. The first-order valence-corrected chi connectivity index (χ1v) is 10.5. The molecule has 0 saturated heterocycles. The number of amides is 1. The summed E-state index contributed by atoms with van der Waals surface area (Å²) in [4.78, 5) is 19.2. The zero-order valence-electron chi connectivity index (χ0n) is 16.4. The van der Waals surface area contributed by atoms with E-state index in [1.54, 1.807) is 29.2 Å². The van der Waals surface area contributed by atoms with Crippen LogP contribution in [0.1, 0.15) is 25.1 Å². The number of benzene rings is 2. The summed E-state index contributed by atoms with van der Waals surface area (Å²) in [6.45, 7) is 5.83. The zero-order chi connectivity index (χ0) is 20.6. The van der Waals surface area contributed by atoms with Gasteiger partial charge < -0.3 is 9.47 Å². The number of ether oxygens (including phenoxy) is 2. The second-order valence-corrected chi connectivity index (χ2v) is 8.82. The zero-order valence-corrected chi connectivity index (χ0v) is 18.0. The Morgan fingerprint density at radius 2 is 2.03 bits per heavy atom. The van der Waals surface area contributed by atoms with Crippen molar-refractivity contribution in [2.75, 3.05) is 11.5 Å². The minimum Gasteiger partial charge on any atom is -0.483 e. The van der Waals surface area contributed by atoms with Crippen LogP contribution in [0.5, 0.6) is 11.5 Å². The van der Waals surface area contributed by atoms with Crippen LogP contribution in [0.25, 0.3) is 0 Å². The maximum Gasteiger partial charge on any atom is 0.271 e. The molecule has 4 rings (SSSR count). The molecule has 150 valence electrons. The van der Waals surface area contributed by atoms with Gasteiger partial charge in [0.2, 0.25) is 0 Å².